The van der Waals surface area contributed by atoms with Crippen molar-refractivity contribution in [3.05, 3.63) is 48.3 Å². The Morgan fingerprint density at radius 2 is 2.29 bits per heavy atom. The normalized spacial score (nSPS) is 17.4. The SMILES string of the molecule is COc1cccc(N2CCCC(Nc3ccncc3C(N)=O)C2)c1. The van der Waals surface area contributed by atoms with Gasteiger partial charge in [-0.25, -0.2) is 0 Å². The van der Waals surface area contributed by atoms with Gasteiger partial charge in [-0.2, -0.15) is 0 Å². The lowest BCUT2D eigenvalue weighted by Crippen LogP contribution is -2.42. The summed E-state index contributed by atoms with van der Waals surface area (Å²) in [6, 6.07) is 10.1. The molecule has 1 atom stereocenters. The number of piperidine rings is 1. The Hall–Kier alpha value is -2.76. The molecule has 0 radical (unpaired) electrons. The van der Waals surface area contributed by atoms with Crippen molar-refractivity contribution in [2.45, 2.75) is 18.9 Å². The number of primary amides is 1. The van der Waals surface area contributed by atoms with Crippen molar-refractivity contribution in [2.24, 2.45) is 5.73 Å². The van der Waals surface area contributed by atoms with Crippen molar-refractivity contribution >= 4 is 17.3 Å². The highest BCUT2D eigenvalue weighted by Gasteiger charge is 2.21. The summed E-state index contributed by atoms with van der Waals surface area (Å²) in [4.78, 5) is 17.8. The van der Waals surface area contributed by atoms with E-state index < -0.39 is 5.91 Å². The van der Waals surface area contributed by atoms with E-state index in [0.29, 0.717) is 5.56 Å². The van der Waals surface area contributed by atoms with Gasteiger partial charge in [-0.1, -0.05) is 6.07 Å². The first kappa shape index (κ1) is 16.1. The van der Waals surface area contributed by atoms with Gasteiger partial charge in [0.05, 0.1) is 18.4 Å². The third-order valence-electron chi connectivity index (χ3n) is 4.29. The monoisotopic (exact) mass is 326 g/mol. The van der Waals surface area contributed by atoms with Crippen LogP contribution in [-0.2, 0) is 0 Å². The summed E-state index contributed by atoms with van der Waals surface area (Å²) in [6.45, 7) is 1.86. The van der Waals surface area contributed by atoms with E-state index in [2.05, 4.69) is 21.3 Å². The molecule has 0 aliphatic carbocycles. The molecule has 1 aliphatic heterocycles. The number of rotatable bonds is 5. The molecule has 24 heavy (non-hydrogen) atoms. The highest BCUT2D eigenvalue weighted by Crippen LogP contribution is 2.26. The number of benzene rings is 1. The fourth-order valence-corrected chi connectivity index (χ4v) is 3.07. The molecule has 0 spiro atoms. The van der Waals surface area contributed by atoms with Gasteiger partial charge in [0, 0.05) is 43.3 Å². The molecule has 1 aliphatic rings. The van der Waals surface area contributed by atoms with Crippen molar-refractivity contribution in [1.82, 2.24) is 4.98 Å². The Labute approximate surface area is 141 Å². The smallest absolute Gasteiger partial charge is 0.252 e. The van der Waals surface area contributed by atoms with Crippen LogP contribution in [0, 0.1) is 0 Å². The number of hydrogen-bond acceptors (Lipinski definition) is 5. The average molecular weight is 326 g/mol. The van der Waals surface area contributed by atoms with Crippen LogP contribution in [0.5, 0.6) is 5.75 Å². The minimum atomic E-state index is -0.467. The number of hydrogen-bond donors (Lipinski definition) is 2. The number of pyridine rings is 1. The second-order valence-corrected chi connectivity index (χ2v) is 5.92. The van der Waals surface area contributed by atoms with Gasteiger partial charge in [-0.05, 0) is 31.0 Å². The van der Waals surface area contributed by atoms with E-state index in [1.807, 2.05) is 18.2 Å². The zero-order valence-electron chi connectivity index (χ0n) is 13.7. The maximum absolute atomic E-state index is 11.5. The van der Waals surface area contributed by atoms with Crippen molar-refractivity contribution in [1.29, 1.82) is 0 Å². The van der Waals surface area contributed by atoms with Crippen molar-refractivity contribution in [2.75, 3.05) is 30.4 Å². The van der Waals surface area contributed by atoms with Crippen LogP contribution in [-0.4, -0.2) is 37.1 Å². The van der Waals surface area contributed by atoms with Crippen LogP contribution in [0.4, 0.5) is 11.4 Å². The van der Waals surface area contributed by atoms with Gasteiger partial charge in [-0.3, -0.25) is 9.78 Å². The Morgan fingerprint density at radius 1 is 1.42 bits per heavy atom. The molecule has 3 rings (SSSR count). The predicted octanol–water partition coefficient (Wildman–Crippen LogP) is 2.27. The molecule has 1 unspecified atom stereocenters. The predicted molar refractivity (Wildman–Crippen MR) is 94.6 cm³/mol. The summed E-state index contributed by atoms with van der Waals surface area (Å²) in [5.41, 5.74) is 7.74. The second-order valence-electron chi connectivity index (χ2n) is 5.92. The minimum Gasteiger partial charge on any atom is -0.497 e. The van der Waals surface area contributed by atoms with Gasteiger partial charge < -0.3 is 20.7 Å². The van der Waals surface area contributed by atoms with E-state index in [9.17, 15) is 4.79 Å². The third kappa shape index (κ3) is 3.59. The molecule has 1 amide bonds. The first-order chi connectivity index (χ1) is 11.7. The molecule has 2 heterocycles. The van der Waals surface area contributed by atoms with Crippen LogP contribution in [0.3, 0.4) is 0 Å². The standard InChI is InChI=1S/C18H22N4O2/c1-24-15-6-2-5-14(10-15)22-9-3-4-13(12-22)21-17-7-8-20-11-16(17)18(19)23/h2,5-8,10-11,13H,3-4,9,12H2,1H3,(H2,19,23)(H,20,21). The number of methoxy groups -OCH3 is 1. The van der Waals surface area contributed by atoms with Gasteiger partial charge in [0.15, 0.2) is 0 Å². The van der Waals surface area contributed by atoms with E-state index in [-0.39, 0.29) is 6.04 Å². The topological polar surface area (TPSA) is 80.5 Å². The molecule has 1 fully saturated rings. The molecule has 1 saturated heterocycles. The van der Waals surface area contributed by atoms with Gasteiger partial charge in [-0.15, -0.1) is 0 Å². The Morgan fingerprint density at radius 3 is 3.08 bits per heavy atom. The van der Waals surface area contributed by atoms with Gasteiger partial charge >= 0.3 is 0 Å². The molecule has 2 aromatic rings. The quantitative estimate of drug-likeness (QED) is 0.881. The fourth-order valence-electron chi connectivity index (χ4n) is 3.07. The lowest BCUT2D eigenvalue weighted by Gasteiger charge is -2.35. The summed E-state index contributed by atoms with van der Waals surface area (Å²) < 4.78 is 5.31. The number of ether oxygens (including phenoxy) is 1. The molecular weight excluding hydrogens is 304 g/mol. The summed E-state index contributed by atoms with van der Waals surface area (Å²) in [7, 11) is 1.68. The van der Waals surface area contributed by atoms with Gasteiger partial charge in [0.25, 0.3) is 5.91 Å². The Balaban J connectivity index is 1.73. The van der Waals surface area contributed by atoms with Crippen LogP contribution < -0.4 is 20.7 Å². The van der Waals surface area contributed by atoms with E-state index in [1.165, 1.54) is 6.20 Å². The zero-order valence-corrected chi connectivity index (χ0v) is 13.7. The Bertz CT molecular complexity index is 720. The molecule has 1 aromatic carbocycles. The molecular formula is C18H22N4O2. The lowest BCUT2D eigenvalue weighted by atomic mass is 10.0. The van der Waals surface area contributed by atoms with E-state index in [4.69, 9.17) is 10.5 Å². The summed E-state index contributed by atoms with van der Waals surface area (Å²) in [5.74, 6) is 0.388. The number of nitrogens with two attached hydrogens (primary N) is 1. The lowest BCUT2D eigenvalue weighted by molar-refractivity contribution is 0.100. The highest BCUT2D eigenvalue weighted by atomic mass is 16.5. The minimum absolute atomic E-state index is 0.241. The molecule has 126 valence electrons. The van der Waals surface area contributed by atoms with Crippen LogP contribution in [0.15, 0.2) is 42.7 Å². The number of nitrogens with zero attached hydrogens (tertiary/aromatic N) is 2. The highest BCUT2D eigenvalue weighted by molar-refractivity contribution is 5.98. The Kier molecular flexibility index (Phi) is 4.84. The van der Waals surface area contributed by atoms with Crippen molar-refractivity contribution in [3.8, 4) is 5.75 Å². The first-order valence-electron chi connectivity index (χ1n) is 8.06. The van der Waals surface area contributed by atoms with Gasteiger partial charge in [0.2, 0.25) is 0 Å². The largest absolute Gasteiger partial charge is 0.497 e. The fraction of sp³-hybridized carbons (Fsp3) is 0.333. The summed E-state index contributed by atoms with van der Waals surface area (Å²) >= 11 is 0. The molecule has 0 saturated carbocycles. The van der Waals surface area contributed by atoms with Gasteiger partial charge in [0.1, 0.15) is 5.75 Å². The molecule has 6 heteroatoms. The van der Waals surface area contributed by atoms with Crippen molar-refractivity contribution in [3.63, 3.8) is 0 Å². The molecule has 6 nitrogen and oxygen atoms in total. The average Bonchev–Trinajstić information content (AvgIpc) is 2.62. The maximum Gasteiger partial charge on any atom is 0.252 e. The summed E-state index contributed by atoms with van der Waals surface area (Å²) in [5, 5.41) is 3.45. The van der Waals surface area contributed by atoms with Crippen LogP contribution in [0.1, 0.15) is 23.2 Å². The number of anilines is 2. The summed E-state index contributed by atoms with van der Waals surface area (Å²) in [6.07, 6.45) is 5.29. The van der Waals surface area contributed by atoms with Crippen LogP contribution >= 0.6 is 0 Å². The van der Waals surface area contributed by atoms with Crippen LogP contribution in [0.25, 0.3) is 0 Å². The second kappa shape index (κ2) is 7.21. The molecule has 0 bridgehead atoms. The maximum atomic E-state index is 11.5. The number of carbonyl (C=O) groups excluding carboxylic acids is 1. The van der Waals surface area contributed by atoms with E-state index in [1.54, 1.807) is 19.4 Å². The number of carbonyl (C=O) groups is 1. The molecule has 1 aromatic heterocycles. The van der Waals surface area contributed by atoms with E-state index >= 15 is 0 Å². The number of nitrogens with one attached hydrogen (secondary N) is 1. The zero-order chi connectivity index (χ0) is 16.9. The first-order valence-corrected chi connectivity index (χ1v) is 8.06. The van der Waals surface area contributed by atoms with Crippen molar-refractivity contribution < 1.29 is 9.53 Å². The number of aromatic nitrogens is 1. The number of amides is 1. The molecule has 3 N–H and O–H groups in total. The van der Waals surface area contributed by atoms with E-state index in [0.717, 1.165) is 43.1 Å². The van der Waals surface area contributed by atoms with Crippen LogP contribution in [0.2, 0.25) is 0 Å². The third-order valence-corrected chi connectivity index (χ3v) is 4.29.